The fourth-order valence-electron chi connectivity index (χ4n) is 5.08. The molecule has 0 radical (unpaired) electrons. The molecule has 0 N–H and O–H groups in total. The summed E-state index contributed by atoms with van der Waals surface area (Å²) in [5, 5.41) is 0. The number of benzene rings is 3. The van der Waals surface area contributed by atoms with E-state index in [1.54, 1.807) is 0 Å². The summed E-state index contributed by atoms with van der Waals surface area (Å²) in [7, 11) is 0. The third-order valence-electron chi connectivity index (χ3n) is 6.01. The Kier molecular flexibility index (Phi) is 7.07. The first-order chi connectivity index (χ1) is 14.3. The normalized spacial score (nSPS) is 13.4. The molecule has 2 nitrogen and oxygen atoms in total. The number of hydrogen-bond acceptors (Lipinski definition) is 2. The van der Waals surface area contributed by atoms with Gasteiger partial charge in [-0.3, -0.25) is 0 Å². The zero-order valence-corrected chi connectivity index (χ0v) is 21.2. The molecule has 1 aliphatic rings. The first-order valence-electron chi connectivity index (χ1n) is 10.8. The zero-order valence-electron chi connectivity index (χ0n) is 19.4. The van der Waals surface area contributed by atoms with Gasteiger partial charge in [0.1, 0.15) is 5.82 Å². The van der Waals surface area contributed by atoms with E-state index in [2.05, 4.69) is 112 Å². The number of hydrogen-bond donors (Lipinski definition) is 0. The molecule has 3 heteroatoms. The second-order valence-electron chi connectivity index (χ2n) is 8.71. The van der Waals surface area contributed by atoms with E-state index in [4.69, 9.17) is 0 Å². The molecule has 0 saturated carbocycles. The van der Waals surface area contributed by atoms with Crippen LogP contribution in [0.5, 0.6) is 0 Å². The van der Waals surface area contributed by atoms with Gasteiger partial charge in [0, 0.05) is 43.9 Å². The summed E-state index contributed by atoms with van der Waals surface area (Å²) in [6.45, 7) is 15.3. The molecule has 4 rings (SSSR count). The smallest absolute Gasteiger partial charge is 0.114 e. The van der Waals surface area contributed by atoms with Crippen molar-refractivity contribution in [2.75, 3.05) is 22.9 Å². The van der Waals surface area contributed by atoms with Crippen LogP contribution in [-0.2, 0) is 19.5 Å². The van der Waals surface area contributed by atoms with Crippen molar-refractivity contribution < 1.29 is 19.5 Å². The molecular weight excluding hydrogens is 465 g/mol. The van der Waals surface area contributed by atoms with Crippen molar-refractivity contribution in [2.24, 2.45) is 0 Å². The molecule has 1 saturated heterocycles. The average Bonchev–Trinajstić information content (AvgIpc) is 3.04. The summed E-state index contributed by atoms with van der Waals surface area (Å²) in [4.78, 5) is 5.02. The van der Waals surface area contributed by atoms with Crippen LogP contribution >= 0.6 is 0 Å². The van der Waals surface area contributed by atoms with Crippen LogP contribution in [0, 0.1) is 41.5 Å². The number of aryl methyl sites for hydroxylation is 6. The van der Waals surface area contributed by atoms with Gasteiger partial charge in [-0.15, -0.1) is 0 Å². The van der Waals surface area contributed by atoms with Crippen molar-refractivity contribution >= 4 is 17.5 Å². The second kappa shape index (κ2) is 9.41. The third-order valence-corrected chi connectivity index (χ3v) is 6.01. The van der Waals surface area contributed by atoms with Gasteiger partial charge in [0.25, 0.3) is 0 Å². The van der Waals surface area contributed by atoms with Crippen molar-refractivity contribution in [3.8, 4) is 0 Å². The van der Waals surface area contributed by atoms with Gasteiger partial charge < -0.3 is 9.80 Å². The van der Waals surface area contributed by atoms with Gasteiger partial charge in [-0.25, -0.2) is 0 Å². The number of rotatable bonds is 3. The van der Waals surface area contributed by atoms with Crippen molar-refractivity contribution in [1.29, 1.82) is 0 Å². The van der Waals surface area contributed by atoms with Crippen LogP contribution in [0.25, 0.3) is 6.08 Å². The van der Waals surface area contributed by atoms with Gasteiger partial charge in [0.15, 0.2) is 0 Å². The zero-order chi connectivity index (χ0) is 21.4. The van der Waals surface area contributed by atoms with Gasteiger partial charge in [0.2, 0.25) is 0 Å². The van der Waals surface area contributed by atoms with E-state index in [1.165, 1.54) is 56.1 Å². The van der Waals surface area contributed by atoms with Gasteiger partial charge in [0.05, 0.1) is 0 Å². The Hall–Kier alpha value is -2.38. The van der Waals surface area contributed by atoms with Gasteiger partial charge in [-0.1, -0.05) is 65.7 Å². The fourth-order valence-corrected chi connectivity index (χ4v) is 5.08. The van der Waals surface area contributed by atoms with Gasteiger partial charge >= 0.3 is 0 Å². The Bertz CT molecular complexity index is 1000. The molecule has 0 aromatic heterocycles. The summed E-state index contributed by atoms with van der Waals surface area (Å²) < 4.78 is 0. The van der Waals surface area contributed by atoms with Crippen LogP contribution in [0.1, 0.15) is 38.9 Å². The van der Waals surface area contributed by atoms with Crippen LogP contribution in [-0.4, -0.2) is 13.1 Å². The summed E-state index contributed by atoms with van der Waals surface area (Å²) >= 11 is 0. The molecule has 1 aliphatic heterocycles. The van der Waals surface area contributed by atoms with E-state index in [-0.39, 0.29) is 19.5 Å². The summed E-state index contributed by atoms with van der Waals surface area (Å²) in [6.07, 6.45) is 2.34. The predicted molar refractivity (Wildman–Crippen MR) is 130 cm³/mol. The Morgan fingerprint density at radius 3 is 1.39 bits per heavy atom. The van der Waals surface area contributed by atoms with Crippen LogP contribution in [0.2, 0.25) is 0 Å². The van der Waals surface area contributed by atoms with E-state index in [0.29, 0.717) is 0 Å². The molecule has 0 bridgehead atoms. The minimum atomic E-state index is 0. The molecule has 162 valence electrons. The number of anilines is 2. The predicted octanol–water partition coefficient (Wildman–Crippen LogP) is 6.86. The first kappa shape index (κ1) is 23.3. The van der Waals surface area contributed by atoms with Crippen LogP contribution < -0.4 is 9.80 Å². The van der Waals surface area contributed by atoms with Crippen LogP contribution in [0.15, 0.2) is 60.4 Å². The van der Waals surface area contributed by atoms with Gasteiger partial charge in [-0.2, -0.15) is 0 Å². The molecule has 0 spiro atoms. The fraction of sp³-hybridized carbons (Fsp3) is 0.286. The standard InChI is InChI=1S/C28H32N2.Ru/c1-19-14-21(3)27(22(4)15-19)29-12-13-30(26(29)18-25-10-8-7-9-11-25)28-23(5)16-20(2)17-24(28)6;/h7-11,14-18H,12-13H2,1-6H3;. The topological polar surface area (TPSA) is 6.48 Å². The van der Waals surface area contributed by atoms with E-state index in [0.717, 1.165) is 13.1 Å². The van der Waals surface area contributed by atoms with Crippen LogP contribution in [0.3, 0.4) is 0 Å². The molecule has 3 aromatic carbocycles. The largest absolute Gasteiger partial charge is 0.325 e. The third kappa shape index (κ3) is 4.62. The van der Waals surface area contributed by atoms with Crippen LogP contribution in [0.4, 0.5) is 11.4 Å². The van der Waals surface area contributed by atoms with Crippen molar-refractivity contribution in [1.82, 2.24) is 0 Å². The minimum Gasteiger partial charge on any atom is -0.325 e. The van der Waals surface area contributed by atoms with E-state index in [1.807, 2.05) is 0 Å². The monoisotopic (exact) mass is 498 g/mol. The van der Waals surface area contributed by atoms with E-state index < -0.39 is 0 Å². The average molecular weight is 498 g/mol. The molecule has 31 heavy (non-hydrogen) atoms. The Morgan fingerprint density at radius 2 is 1.00 bits per heavy atom. The second-order valence-corrected chi connectivity index (χ2v) is 8.71. The molecule has 0 atom stereocenters. The molecule has 0 aliphatic carbocycles. The maximum Gasteiger partial charge on any atom is 0.114 e. The molecular formula is C28H32N2Ru. The maximum atomic E-state index is 2.51. The summed E-state index contributed by atoms with van der Waals surface area (Å²) in [5.74, 6) is 1.26. The van der Waals surface area contributed by atoms with Gasteiger partial charge in [-0.05, 0) is 75.4 Å². The maximum absolute atomic E-state index is 2.51. The quantitative estimate of drug-likeness (QED) is 0.365. The molecule has 0 amide bonds. The minimum absolute atomic E-state index is 0. The Labute approximate surface area is 200 Å². The SMILES string of the molecule is Cc1cc(C)c(N2CCN(c3c(C)cc(C)cc3C)C2=Cc2ccccc2)c(C)c1.[Ru]. The van der Waals surface area contributed by atoms with Crippen molar-refractivity contribution in [3.05, 3.63) is 99.4 Å². The molecule has 1 heterocycles. The Morgan fingerprint density at radius 1 is 0.613 bits per heavy atom. The summed E-state index contributed by atoms with van der Waals surface area (Å²) in [6, 6.07) is 19.9. The molecule has 3 aromatic rings. The first-order valence-corrected chi connectivity index (χ1v) is 10.8. The van der Waals surface area contributed by atoms with E-state index >= 15 is 0 Å². The number of nitrogens with zero attached hydrogens (tertiary/aromatic N) is 2. The molecule has 0 unspecified atom stereocenters. The Balaban J connectivity index is 0.00000272. The summed E-state index contributed by atoms with van der Waals surface area (Å²) in [5.41, 5.74) is 11.9. The van der Waals surface area contributed by atoms with Crippen molar-refractivity contribution in [2.45, 2.75) is 41.5 Å². The van der Waals surface area contributed by atoms with E-state index in [9.17, 15) is 0 Å². The molecule has 1 fully saturated rings. The van der Waals surface area contributed by atoms with Crippen molar-refractivity contribution in [3.63, 3.8) is 0 Å².